The molecule has 16 heavy (non-hydrogen) atoms. The third-order valence-corrected chi connectivity index (χ3v) is 4.65. The highest BCUT2D eigenvalue weighted by molar-refractivity contribution is 7.91. The molecule has 1 rings (SSSR count). The van der Waals surface area contributed by atoms with E-state index < -0.39 is 15.9 Å². The fourth-order valence-corrected chi connectivity index (χ4v) is 3.37. The molecule has 1 saturated heterocycles. The normalized spacial score (nSPS) is 26.4. The van der Waals surface area contributed by atoms with Crippen LogP contribution in [0.5, 0.6) is 0 Å². The average Bonchev–Trinajstić information content (AvgIpc) is 2.14. The van der Waals surface area contributed by atoms with Gasteiger partial charge < -0.3 is 11.1 Å². The Bertz CT molecular complexity index is 351. The van der Waals surface area contributed by atoms with Gasteiger partial charge in [0.1, 0.15) is 0 Å². The second-order valence-electron chi connectivity index (χ2n) is 4.73. The molecule has 1 fully saturated rings. The van der Waals surface area contributed by atoms with Crippen molar-refractivity contribution in [3.8, 4) is 0 Å². The zero-order chi connectivity index (χ0) is 12.3. The molecular weight excluding hydrogens is 228 g/mol. The van der Waals surface area contributed by atoms with E-state index in [2.05, 4.69) is 5.32 Å². The quantitative estimate of drug-likeness (QED) is 0.715. The predicted octanol–water partition coefficient (Wildman–Crippen LogP) is -0.337. The van der Waals surface area contributed by atoms with Gasteiger partial charge in [0.05, 0.1) is 17.5 Å². The van der Waals surface area contributed by atoms with Crippen LogP contribution < -0.4 is 11.1 Å². The lowest BCUT2D eigenvalue weighted by Gasteiger charge is -2.25. The van der Waals surface area contributed by atoms with Gasteiger partial charge in [-0.3, -0.25) is 4.79 Å². The Balaban J connectivity index is 2.52. The van der Waals surface area contributed by atoms with Crippen molar-refractivity contribution in [1.82, 2.24) is 5.32 Å². The lowest BCUT2D eigenvalue weighted by atomic mass is 10.0. The van der Waals surface area contributed by atoms with Crippen LogP contribution in [0.1, 0.15) is 26.7 Å². The average molecular weight is 248 g/mol. The van der Waals surface area contributed by atoms with E-state index in [4.69, 9.17) is 5.73 Å². The highest BCUT2D eigenvalue weighted by Crippen LogP contribution is 2.12. The SMILES string of the molecule is CC(C)[C@@H](N)C(=O)NC1CCCS(=O)(=O)C1. The number of rotatable bonds is 3. The van der Waals surface area contributed by atoms with Crippen LogP contribution in [-0.4, -0.2) is 37.9 Å². The lowest BCUT2D eigenvalue weighted by Crippen LogP contribution is -2.51. The molecule has 0 radical (unpaired) electrons. The van der Waals surface area contributed by atoms with Gasteiger partial charge >= 0.3 is 0 Å². The van der Waals surface area contributed by atoms with Gasteiger partial charge in [-0.2, -0.15) is 0 Å². The molecule has 0 aromatic heterocycles. The van der Waals surface area contributed by atoms with Crippen molar-refractivity contribution in [2.24, 2.45) is 11.7 Å². The molecule has 1 amide bonds. The van der Waals surface area contributed by atoms with Crippen LogP contribution >= 0.6 is 0 Å². The highest BCUT2D eigenvalue weighted by atomic mass is 32.2. The number of sulfone groups is 1. The molecule has 0 spiro atoms. The van der Waals surface area contributed by atoms with Gasteiger partial charge in [0.2, 0.25) is 5.91 Å². The van der Waals surface area contributed by atoms with Crippen molar-refractivity contribution < 1.29 is 13.2 Å². The fourth-order valence-electron chi connectivity index (χ4n) is 1.74. The maximum absolute atomic E-state index is 11.6. The molecular formula is C10H20N2O3S. The van der Waals surface area contributed by atoms with Crippen LogP contribution in [-0.2, 0) is 14.6 Å². The fraction of sp³-hybridized carbons (Fsp3) is 0.900. The summed E-state index contributed by atoms with van der Waals surface area (Å²) < 4.78 is 22.7. The first-order chi connectivity index (χ1) is 7.32. The number of hydrogen-bond donors (Lipinski definition) is 2. The second-order valence-corrected chi connectivity index (χ2v) is 6.96. The summed E-state index contributed by atoms with van der Waals surface area (Å²) in [6.45, 7) is 3.73. The summed E-state index contributed by atoms with van der Waals surface area (Å²) in [6, 6.07) is -0.833. The molecule has 0 aromatic rings. The number of carbonyl (C=O) groups excluding carboxylic acids is 1. The molecule has 1 aliphatic rings. The molecule has 3 N–H and O–H groups in total. The number of nitrogens with one attached hydrogen (secondary N) is 1. The van der Waals surface area contributed by atoms with Crippen LogP contribution in [0.15, 0.2) is 0 Å². The van der Waals surface area contributed by atoms with E-state index in [1.165, 1.54) is 0 Å². The van der Waals surface area contributed by atoms with E-state index in [0.717, 1.165) is 6.42 Å². The molecule has 2 atom stereocenters. The van der Waals surface area contributed by atoms with Crippen LogP contribution in [0.2, 0.25) is 0 Å². The smallest absolute Gasteiger partial charge is 0.237 e. The molecule has 1 aliphatic heterocycles. The van der Waals surface area contributed by atoms with Gasteiger partial charge in [-0.25, -0.2) is 8.42 Å². The van der Waals surface area contributed by atoms with Gasteiger partial charge in [0.25, 0.3) is 0 Å². The third-order valence-electron chi connectivity index (χ3n) is 2.83. The molecule has 0 aliphatic carbocycles. The Labute approximate surface area is 96.7 Å². The third kappa shape index (κ3) is 3.75. The number of nitrogens with two attached hydrogens (primary N) is 1. The van der Waals surface area contributed by atoms with Gasteiger partial charge in [0.15, 0.2) is 9.84 Å². The number of hydrogen-bond acceptors (Lipinski definition) is 4. The standard InChI is InChI=1S/C10H20N2O3S/c1-7(2)9(11)10(13)12-8-4-3-5-16(14,15)6-8/h7-9H,3-6,11H2,1-2H3,(H,12,13)/t8?,9-/m1/s1. The van der Waals surface area contributed by atoms with Crippen molar-refractivity contribution in [1.29, 1.82) is 0 Å². The van der Waals surface area contributed by atoms with Crippen molar-refractivity contribution in [3.63, 3.8) is 0 Å². The number of carbonyl (C=O) groups is 1. The maximum Gasteiger partial charge on any atom is 0.237 e. The van der Waals surface area contributed by atoms with Gasteiger partial charge in [-0.1, -0.05) is 13.8 Å². The largest absolute Gasteiger partial charge is 0.351 e. The Morgan fingerprint density at radius 3 is 2.56 bits per heavy atom. The Kier molecular flexibility index (Phi) is 4.32. The van der Waals surface area contributed by atoms with E-state index in [-0.39, 0.29) is 29.4 Å². The van der Waals surface area contributed by atoms with E-state index in [0.29, 0.717) is 6.42 Å². The van der Waals surface area contributed by atoms with E-state index in [9.17, 15) is 13.2 Å². The van der Waals surface area contributed by atoms with Crippen LogP contribution in [0.3, 0.4) is 0 Å². The summed E-state index contributed by atoms with van der Waals surface area (Å²) in [5, 5.41) is 2.71. The Morgan fingerprint density at radius 1 is 1.44 bits per heavy atom. The Morgan fingerprint density at radius 2 is 2.06 bits per heavy atom. The topological polar surface area (TPSA) is 89.3 Å². The minimum absolute atomic E-state index is 0.0452. The van der Waals surface area contributed by atoms with Crippen LogP contribution in [0, 0.1) is 5.92 Å². The van der Waals surface area contributed by atoms with Crippen molar-refractivity contribution in [3.05, 3.63) is 0 Å². The molecule has 6 heteroatoms. The molecule has 5 nitrogen and oxygen atoms in total. The van der Waals surface area contributed by atoms with Gasteiger partial charge in [-0.05, 0) is 18.8 Å². The molecule has 0 aromatic carbocycles. The number of amides is 1. The Hall–Kier alpha value is -0.620. The highest BCUT2D eigenvalue weighted by Gasteiger charge is 2.27. The summed E-state index contributed by atoms with van der Waals surface area (Å²) in [4.78, 5) is 11.6. The molecule has 0 saturated carbocycles. The molecule has 0 bridgehead atoms. The zero-order valence-electron chi connectivity index (χ0n) is 9.77. The van der Waals surface area contributed by atoms with E-state index in [1.54, 1.807) is 0 Å². The predicted molar refractivity (Wildman–Crippen MR) is 62.6 cm³/mol. The van der Waals surface area contributed by atoms with Gasteiger partial charge in [-0.15, -0.1) is 0 Å². The second kappa shape index (κ2) is 5.14. The summed E-state index contributed by atoms with van der Waals surface area (Å²) in [6.07, 6.45) is 1.33. The minimum Gasteiger partial charge on any atom is -0.351 e. The first-order valence-electron chi connectivity index (χ1n) is 5.58. The maximum atomic E-state index is 11.6. The summed E-state index contributed by atoms with van der Waals surface area (Å²) in [5.74, 6) is 0.0800. The molecule has 1 unspecified atom stereocenters. The van der Waals surface area contributed by atoms with Crippen molar-refractivity contribution in [2.75, 3.05) is 11.5 Å². The van der Waals surface area contributed by atoms with Crippen molar-refractivity contribution in [2.45, 2.75) is 38.8 Å². The molecule has 94 valence electrons. The van der Waals surface area contributed by atoms with Crippen LogP contribution in [0.25, 0.3) is 0 Å². The van der Waals surface area contributed by atoms with E-state index in [1.807, 2.05) is 13.8 Å². The van der Waals surface area contributed by atoms with Crippen molar-refractivity contribution >= 4 is 15.7 Å². The van der Waals surface area contributed by atoms with Gasteiger partial charge in [0, 0.05) is 6.04 Å². The zero-order valence-corrected chi connectivity index (χ0v) is 10.6. The first kappa shape index (κ1) is 13.4. The molecule has 1 heterocycles. The minimum atomic E-state index is -2.98. The van der Waals surface area contributed by atoms with E-state index >= 15 is 0 Å². The summed E-state index contributed by atoms with van der Waals surface area (Å²) in [5.41, 5.74) is 5.68. The lowest BCUT2D eigenvalue weighted by molar-refractivity contribution is -0.123. The van der Waals surface area contributed by atoms with Crippen LogP contribution in [0.4, 0.5) is 0 Å². The first-order valence-corrected chi connectivity index (χ1v) is 7.40. The monoisotopic (exact) mass is 248 g/mol. The summed E-state index contributed by atoms with van der Waals surface area (Å²) in [7, 11) is -2.98. The summed E-state index contributed by atoms with van der Waals surface area (Å²) >= 11 is 0.